The van der Waals surface area contributed by atoms with Crippen LogP contribution in [0.4, 0.5) is 0 Å². The summed E-state index contributed by atoms with van der Waals surface area (Å²) in [6.45, 7) is 8.78. The minimum absolute atomic E-state index is 0.123. The highest BCUT2D eigenvalue weighted by atomic mass is 32.2. The van der Waals surface area contributed by atoms with Crippen molar-refractivity contribution in [1.82, 2.24) is 0 Å². The topological polar surface area (TPSA) is 46.2 Å². The molecular weight excluding hydrogens is 182 g/mol. The van der Waals surface area contributed by atoms with Gasteiger partial charge in [0.1, 0.15) is 0 Å². The van der Waals surface area contributed by atoms with Crippen molar-refractivity contribution in [2.75, 3.05) is 6.61 Å². The second-order valence-corrected chi connectivity index (χ2v) is 6.02. The van der Waals surface area contributed by atoms with E-state index in [0.717, 1.165) is 6.42 Å². The molecular formula is C10H23NOS. The summed E-state index contributed by atoms with van der Waals surface area (Å²) >= 11 is 1.77. The summed E-state index contributed by atoms with van der Waals surface area (Å²) in [7, 11) is 0. The van der Waals surface area contributed by atoms with E-state index in [1.165, 1.54) is 0 Å². The molecule has 0 saturated carbocycles. The fraction of sp³-hybridized carbons (Fsp3) is 1.00. The summed E-state index contributed by atoms with van der Waals surface area (Å²) in [6, 6.07) is 0.123. The molecule has 0 aromatic heterocycles. The average Bonchev–Trinajstić information content (AvgIpc) is 1.98. The van der Waals surface area contributed by atoms with Crippen LogP contribution in [0.5, 0.6) is 0 Å². The van der Waals surface area contributed by atoms with E-state index in [2.05, 4.69) is 27.7 Å². The van der Waals surface area contributed by atoms with Crippen LogP contribution in [0.3, 0.4) is 0 Å². The van der Waals surface area contributed by atoms with Gasteiger partial charge in [0.2, 0.25) is 0 Å². The molecule has 0 rings (SSSR count). The van der Waals surface area contributed by atoms with Crippen molar-refractivity contribution in [3.05, 3.63) is 0 Å². The van der Waals surface area contributed by atoms with Gasteiger partial charge in [0.05, 0.1) is 6.61 Å². The Morgan fingerprint density at radius 2 is 1.77 bits per heavy atom. The van der Waals surface area contributed by atoms with Gasteiger partial charge in [-0.25, -0.2) is 0 Å². The largest absolute Gasteiger partial charge is 0.395 e. The molecule has 0 aliphatic rings. The van der Waals surface area contributed by atoms with Crippen molar-refractivity contribution in [3.63, 3.8) is 0 Å². The van der Waals surface area contributed by atoms with Gasteiger partial charge in [-0.2, -0.15) is 11.8 Å². The van der Waals surface area contributed by atoms with Crippen LogP contribution in [0, 0.1) is 5.92 Å². The molecule has 3 heteroatoms. The lowest BCUT2D eigenvalue weighted by atomic mass is 10.0. The Morgan fingerprint density at radius 3 is 2.08 bits per heavy atom. The Kier molecular flexibility index (Phi) is 6.82. The Morgan fingerprint density at radius 1 is 1.23 bits per heavy atom. The molecule has 0 aromatic rings. The molecule has 0 radical (unpaired) electrons. The van der Waals surface area contributed by atoms with Gasteiger partial charge in [-0.1, -0.05) is 27.7 Å². The predicted octanol–water partition coefficient (Wildman–Crippen LogP) is 1.86. The molecule has 2 nitrogen and oxygen atoms in total. The minimum atomic E-state index is 0.123. The molecule has 2 atom stereocenters. The van der Waals surface area contributed by atoms with Gasteiger partial charge in [-0.15, -0.1) is 0 Å². The number of aliphatic hydroxyl groups is 1. The monoisotopic (exact) mass is 205 g/mol. The van der Waals surface area contributed by atoms with E-state index in [9.17, 15) is 0 Å². The zero-order valence-corrected chi connectivity index (χ0v) is 9.97. The molecule has 0 amide bonds. The van der Waals surface area contributed by atoms with Gasteiger partial charge in [0, 0.05) is 11.3 Å². The number of thioether (sulfide) groups is 1. The second kappa shape index (κ2) is 6.68. The Bertz CT molecular complexity index is 128. The van der Waals surface area contributed by atoms with Crippen LogP contribution in [0.2, 0.25) is 0 Å². The lowest BCUT2D eigenvalue weighted by Gasteiger charge is -2.24. The summed E-state index contributed by atoms with van der Waals surface area (Å²) < 4.78 is 0. The highest BCUT2D eigenvalue weighted by Crippen LogP contribution is 2.22. The average molecular weight is 205 g/mol. The van der Waals surface area contributed by atoms with E-state index in [1.807, 2.05) is 0 Å². The quantitative estimate of drug-likeness (QED) is 0.696. The Labute approximate surface area is 86.3 Å². The van der Waals surface area contributed by atoms with Crippen molar-refractivity contribution >= 4 is 11.8 Å². The van der Waals surface area contributed by atoms with E-state index < -0.39 is 0 Å². The van der Waals surface area contributed by atoms with E-state index >= 15 is 0 Å². The molecule has 0 aromatic carbocycles. The van der Waals surface area contributed by atoms with Gasteiger partial charge in [0.15, 0.2) is 0 Å². The summed E-state index contributed by atoms with van der Waals surface area (Å²) in [5, 5.41) is 9.89. The van der Waals surface area contributed by atoms with Crippen molar-refractivity contribution in [1.29, 1.82) is 0 Å². The smallest absolute Gasteiger partial charge is 0.0565 e. The summed E-state index contributed by atoms with van der Waals surface area (Å²) in [6.07, 6.45) is 0.991. The molecule has 2 unspecified atom stereocenters. The number of hydrogen-bond acceptors (Lipinski definition) is 3. The fourth-order valence-corrected chi connectivity index (χ4v) is 2.42. The van der Waals surface area contributed by atoms with E-state index in [4.69, 9.17) is 10.8 Å². The SMILES string of the molecule is CC(C)CC(N)C(CO)SC(C)C. The lowest BCUT2D eigenvalue weighted by Crippen LogP contribution is -2.37. The first kappa shape index (κ1) is 13.3. The molecule has 0 spiro atoms. The van der Waals surface area contributed by atoms with Gasteiger partial charge < -0.3 is 10.8 Å². The first-order chi connectivity index (χ1) is 5.97. The summed E-state index contributed by atoms with van der Waals surface area (Å²) in [4.78, 5) is 0. The van der Waals surface area contributed by atoms with Crippen molar-refractivity contribution in [2.45, 2.75) is 50.7 Å². The predicted molar refractivity (Wildman–Crippen MR) is 61.0 cm³/mol. The van der Waals surface area contributed by atoms with Crippen LogP contribution in [-0.4, -0.2) is 28.3 Å². The van der Waals surface area contributed by atoms with Gasteiger partial charge in [-0.05, 0) is 17.6 Å². The minimum Gasteiger partial charge on any atom is -0.395 e. The Balaban J connectivity index is 3.91. The van der Waals surface area contributed by atoms with Crippen LogP contribution in [-0.2, 0) is 0 Å². The van der Waals surface area contributed by atoms with Crippen molar-refractivity contribution < 1.29 is 5.11 Å². The van der Waals surface area contributed by atoms with Crippen molar-refractivity contribution in [2.24, 2.45) is 11.7 Å². The molecule has 0 bridgehead atoms. The summed E-state index contributed by atoms with van der Waals surface area (Å²) in [5.41, 5.74) is 6.00. The van der Waals surface area contributed by atoms with Crippen LogP contribution >= 0.6 is 11.8 Å². The maximum Gasteiger partial charge on any atom is 0.0565 e. The third-order valence-electron chi connectivity index (χ3n) is 1.85. The number of aliphatic hydroxyl groups excluding tert-OH is 1. The molecule has 0 aliphatic heterocycles. The van der Waals surface area contributed by atoms with E-state index in [0.29, 0.717) is 11.2 Å². The molecule has 80 valence electrons. The van der Waals surface area contributed by atoms with Crippen LogP contribution in [0.1, 0.15) is 34.1 Å². The second-order valence-electron chi connectivity index (χ2n) is 4.20. The number of rotatable bonds is 6. The zero-order chi connectivity index (χ0) is 10.4. The number of hydrogen-bond donors (Lipinski definition) is 2. The number of nitrogens with two attached hydrogens (primary N) is 1. The molecule has 0 fully saturated rings. The van der Waals surface area contributed by atoms with Gasteiger partial charge in [-0.3, -0.25) is 0 Å². The van der Waals surface area contributed by atoms with Crippen molar-refractivity contribution in [3.8, 4) is 0 Å². The van der Waals surface area contributed by atoms with Gasteiger partial charge >= 0.3 is 0 Å². The third-order valence-corrected chi connectivity index (χ3v) is 3.24. The molecule has 0 saturated heterocycles. The van der Waals surface area contributed by atoms with Crippen LogP contribution in [0.15, 0.2) is 0 Å². The lowest BCUT2D eigenvalue weighted by molar-refractivity contribution is 0.274. The molecule has 3 N–H and O–H groups in total. The first-order valence-corrected chi connectivity index (χ1v) is 5.93. The Hall–Kier alpha value is 0.270. The van der Waals surface area contributed by atoms with Crippen LogP contribution in [0.25, 0.3) is 0 Å². The zero-order valence-electron chi connectivity index (χ0n) is 9.16. The fourth-order valence-electron chi connectivity index (χ4n) is 1.33. The van der Waals surface area contributed by atoms with Gasteiger partial charge in [0.25, 0.3) is 0 Å². The molecule has 0 heterocycles. The normalized spacial score (nSPS) is 16.6. The standard InChI is InChI=1S/C10H23NOS/c1-7(2)5-9(11)10(6-12)13-8(3)4/h7-10,12H,5-6,11H2,1-4H3. The van der Waals surface area contributed by atoms with E-state index in [1.54, 1.807) is 11.8 Å². The molecule has 13 heavy (non-hydrogen) atoms. The first-order valence-electron chi connectivity index (χ1n) is 4.99. The maximum absolute atomic E-state index is 9.16. The van der Waals surface area contributed by atoms with E-state index in [-0.39, 0.29) is 17.9 Å². The van der Waals surface area contributed by atoms with Crippen LogP contribution < -0.4 is 5.73 Å². The third kappa shape index (κ3) is 6.36. The molecule has 0 aliphatic carbocycles. The highest BCUT2D eigenvalue weighted by molar-refractivity contribution is 8.00. The highest BCUT2D eigenvalue weighted by Gasteiger charge is 2.19. The summed E-state index contributed by atoms with van der Waals surface area (Å²) in [5.74, 6) is 0.608. The maximum atomic E-state index is 9.16.